The summed E-state index contributed by atoms with van der Waals surface area (Å²) in [4.78, 5) is 23.3. The van der Waals surface area contributed by atoms with E-state index >= 15 is 0 Å². The second kappa shape index (κ2) is 7.58. The van der Waals surface area contributed by atoms with Gasteiger partial charge >= 0.3 is 29.6 Å². The molecule has 0 radical (unpaired) electrons. The summed E-state index contributed by atoms with van der Waals surface area (Å²) in [5, 5.41) is 10.8. The number of ketones is 1. The second-order valence-electron chi connectivity index (χ2n) is 5.13. The number of aryl methyl sites for hydroxylation is 2. The summed E-state index contributed by atoms with van der Waals surface area (Å²) in [6, 6.07) is 10.5. The average molecular weight is 305 g/mol. The van der Waals surface area contributed by atoms with Crippen molar-refractivity contribution in [2.24, 2.45) is 0 Å². The molecule has 5 heteroatoms. The molecule has 0 unspecified atom stereocenters. The van der Waals surface area contributed by atoms with E-state index in [0.717, 1.165) is 11.1 Å². The molecule has 0 spiro atoms. The molecule has 0 aromatic heterocycles. The summed E-state index contributed by atoms with van der Waals surface area (Å²) < 4.78 is 0. The molecule has 0 fully saturated rings. The summed E-state index contributed by atoms with van der Waals surface area (Å²) in [7, 11) is 0. The molecule has 22 heavy (non-hydrogen) atoms. The summed E-state index contributed by atoms with van der Waals surface area (Å²) in [6.07, 6.45) is -0.304. The van der Waals surface area contributed by atoms with E-state index < -0.39 is 5.97 Å². The molecular formula is C17H16NNaO3. The van der Waals surface area contributed by atoms with Crippen LogP contribution >= 0.6 is 0 Å². The van der Waals surface area contributed by atoms with Crippen LogP contribution in [0.1, 0.15) is 32.6 Å². The van der Waals surface area contributed by atoms with Crippen LogP contribution in [-0.2, 0) is 11.2 Å². The molecule has 0 atom stereocenters. The van der Waals surface area contributed by atoms with Gasteiger partial charge in [-0.3, -0.25) is 4.79 Å². The monoisotopic (exact) mass is 305 g/mol. The van der Waals surface area contributed by atoms with E-state index in [4.69, 9.17) is 5.73 Å². The molecule has 0 saturated heterocycles. The summed E-state index contributed by atoms with van der Waals surface area (Å²) in [6.45, 7) is 3.73. The maximum Gasteiger partial charge on any atom is 1.00 e. The minimum absolute atomic E-state index is 0. The molecule has 0 bridgehead atoms. The molecule has 0 aliphatic heterocycles. The zero-order valence-electron chi connectivity index (χ0n) is 13.0. The molecule has 0 heterocycles. The average Bonchev–Trinajstić information content (AvgIpc) is 2.42. The van der Waals surface area contributed by atoms with E-state index in [-0.39, 0.29) is 47.4 Å². The van der Waals surface area contributed by atoms with Crippen LogP contribution in [0.25, 0.3) is 0 Å². The first-order valence-corrected chi connectivity index (χ1v) is 6.58. The van der Waals surface area contributed by atoms with E-state index in [9.17, 15) is 14.7 Å². The molecule has 108 valence electrons. The SMILES string of the molecule is Cc1ccc(C(=O)c2cc(C)cc(CC(=O)[O-])c2N)cc1.[Na+]. The van der Waals surface area contributed by atoms with Crippen molar-refractivity contribution in [2.45, 2.75) is 20.3 Å². The van der Waals surface area contributed by atoms with Gasteiger partial charge in [0.05, 0.1) is 0 Å². The first kappa shape index (κ1) is 18.4. The number of benzene rings is 2. The first-order chi connectivity index (χ1) is 9.88. The van der Waals surface area contributed by atoms with Gasteiger partial charge < -0.3 is 15.6 Å². The molecule has 0 amide bonds. The van der Waals surface area contributed by atoms with Gasteiger partial charge in [-0.05, 0) is 31.0 Å². The fourth-order valence-electron chi connectivity index (χ4n) is 2.22. The van der Waals surface area contributed by atoms with Crippen molar-refractivity contribution in [2.75, 3.05) is 5.73 Å². The van der Waals surface area contributed by atoms with Gasteiger partial charge in [0.15, 0.2) is 5.78 Å². The van der Waals surface area contributed by atoms with Gasteiger partial charge in [0.2, 0.25) is 0 Å². The zero-order chi connectivity index (χ0) is 15.6. The Labute approximate surface area is 151 Å². The number of carboxylic acids is 1. The van der Waals surface area contributed by atoms with Gasteiger partial charge in [-0.15, -0.1) is 0 Å². The Balaban J connectivity index is 0.00000242. The maximum atomic E-state index is 12.5. The molecule has 2 aromatic carbocycles. The Morgan fingerprint density at radius 3 is 2.18 bits per heavy atom. The predicted molar refractivity (Wildman–Crippen MR) is 78.9 cm³/mol. The van der Waals surface area contributed by atoms with Crippen molar-refractivity contribution in [3.8, 4) is 0 Å². The minimum Gasteiger partial charge on any atom is -0.550 e. The third-order valence-corrected chi connectivity index (χ3v) is 3.30. The topological polar surface area (TPSA) is 83.2 Å². The summed E-state index contributed by atoms with van der Waals surface area (Å²) in [5.41, 5.74) is 9.27. The number of carbonyl (C=O) groups is 2. The Kier molecular flexibility index (Phi) is 6.35. The number of nitrogens with two attached hydrogens (primary N) is 1. The van der Waals surface area contributed by atoms with Crippen LogP contribution in [0.2, 0.25) is 0 Å². The molecule has 2 rings (SSSR count). The van der Waals surface area contributed by atoms with Crippen molar-refractivity contribution in [1.29, 1.82) is 0 Å². The van der Waals surface area contributed by atoms with Gasteiger partial charge in [-0.25, -0.2) is 0 Å². The molecule has 2 N–H and O–H groups in total. The number of carboxylic acid groups (broad SMARTS) is 1. The maximum absolute atomic E-state index is 12.5. The van der Waals surface area contributed by atoms with Crippen LogP contribution in [0.5, 0.6) is 0 Å². The van der Waals surface area contributed by atoms with Crippen LogP contribution < -0.4 is 40.4 Å². The van der Waals surface area contributed by atoms with Gasteiger partial charge in [0.25, 0.3) is 0 Å². The van der Waals surface area contributed by atoms with Crippen molar-refractivity contribution >= 4 is 17.4 Å². The molecule has 2 aromatic rings. The Bertz CT molecular complexity index is 709. The Morgan fingerprint density at radius 2 is 1.64 bits per heavy atom. The van der Waals surface area contributed by atoms with Crippen LogP contribution in [0, 0.1) is 13.8 Å². The van der Waals surface area contributed by atoms with Crippen molar-refractivity contribution in [1.82, 2.24) is 0 Å². The fourth-order valence-corrected chi connectivity index (χ4v) is 2.22. The zero-order valence-corrected chi connectivity index (χ0v) is 15.0. The number of nitrogen functional groups attached to an aromatic ring is 1. The molecule has 0 saturated carbocycles. The van der Waals surface area contributed by atoms with Crippen molar-refractivity contribution in [3.63, 3.8) is 0 Å². The minimum atomic E-state index is -1.22. The van der Waals surface area contributed by atoms with Gasteiger partial charge in [-0.2, -0.15) is 0 Å². The third kappa shape index (κ3) is 4.19. The number of anilines is 1. The smallest absolute Gasteiger partial charge is 0.550 e. The number of hydrogen-bond acceptors (Lipinski definition) is 4. The van der Waals surface area contributed by atoms with Crippen LogP contribution in [0.15, 0.2) is 36.4 Å². The number of hydrogen-bond donors (Lipinski definition) is 1. The van der Waals surface area contributed by atoms with Gasteiger partial charge in [0, 0.05) is 29.2 Å². The second-order valence-corrected chi connectivity index (χ2v) is 5.13. The van der Waals surface area contributed by atoms with E-state index in [1.807, 2.05) is 19.1 Å². The number of rotatable bonds is 4. The van der Waals surface area contributed by atoms with Gasteiger partial charge in [0.1, 0.15) is 0 Å². The molecule has 4 nitrogen and oxygen atoms in total. The predicted octanol–water partition coefficient (Wildman–Crippen LogP) is -1.59. The van der Waals surface area contributed by atoms with E-state index in [1.54, 1.807) is 31.2 Å². The van der Waals surface area contributed by atoms with E-state index in [2.05, 4.69) is 0 Å². The van der Waals surface area contributed by atoms with E-state index in [1.165, 1.54) is 0 Å². The number of carbonyl (C=O) groups excluding carboxylic acids is 2. The normalized spacial score (nSPS) is 9.91. The summed E-state index contributed by atoms with van der Waals surface area (Å²) >= 11 is 0. The Morgan fingerprint density at radius 1 is 1.05 bits per heavy atom. The Hall–Kier alpha value is -1.62. The molecular weight excluding hydrogens is 289 g/mol. The fraction of sp³-hybridized carbons (Fsp3) is 0.176. The standard InChI is InChI=1S/C17H17NO3.Na/c1-10-3-5-12(6-4-10)17(21)14-8-11(2)7-13(16(14)18)9-15(19)20;/h3-8H,9,18H2,1-2H3,(H,19,20);/q;+1/p-1. The largest absolute Gasteiger partial charge is 1.00 e. The first-order valence-electron chi connectivity index (χ1n) is 6.58. The van der Waals surface area contributed by atoms with Crippen LogP contribution in [0.4, 0.5) is 5.69 Å². The molecule has 0 aliphatic rings. The van der Waals surface area contributed by atoms with Crippen LogP contribution in [-0.4, -0.2) is 11.8 Å². The molecule has 0 aliphatic carbocycles. The van der Waals surface area contributed by atoms with Crippen LogP contribution in [0.3, 0.4) is 0 Å². The van der Waals surface area contributed by atoms with E-state index in [0.29, 0.717) is 16.7 Å². The van der Waals surface area contributed by atoms with Crippen molar-refractivity contribution in [3.05, 3.63) is 64.2 Å². The third-order valence-electron chi connectivity index (χ3n) is 3.30. The van der Waals surface area contributed by atoms with Gasteiger partial charge in [-0.1, -0.05) is 35.9 Å². The quantitative estimate of drug-likeness (QED) is 0.419. The van der Waals surface area contributed by atoms with Crippen molar-refractivity contribution < 1.29 is 44.3 Å². The number of aliphatic carboxylic acids is 1. The summed E-state index contributed by atoms with van der Waals surface area (Å²) in [5.74, 6) is -1.43.